The first-order chi connectivity index (χ1) is 13.4. The highest BCUT2D eigenvalue weighted by Gasteiger charge is 2.30. The van der Waals surface area contributed by atoms with Crippen LogP contribution in [0.5, 0.6) is 5.75 Å². The second-order valence-electron chi connectivity index (χ2n) is 7.66. The van der Waals surface area contributed by atoms with Crippen LogP contribution < -0.4 is 4.74 Å². The van der Waals surface area contributed by atoms with Crippen molar-refractivity contribution in [2.24, 2.45) is 11.8 Å². The van der Waals surface area contributed by atoms with Crippen LogP contribution in [0.25, 0.3) is 10.9 Å². The number of rotatable bonds is 7. The minimum atomic E-state index is -0.984. The van der Waals surface area contributed by atoms with Crippen LogP contribution in [0.15, 0.2) is 24.4 Å². The summed E-state index contributed by atoms with van der Waals surface area (Å²) in [6, 6.07) is 5.18. The number of carbonyl (C=O) groups is 1. The van der Waals surface area contributed by atoms with Gasteiger partial charge in [-0.2, -0.15) is 0 Å². The molecule has 0 spiro atoms. The number of aliphatic hydroxyl groups excluding tert-OH is 1. The van der Waals surface area contributed by atoms with Crippen LogP contribution in [0.4, 0.5) is 4.39 Å². The van der Waals surface area contributed by atoms with Crippen molar-refractivity contribution in [3.8, 4) is 5.75 Å². The summed E-state index contributed by atoms with van der Waals surface area (Å²) in [6.45, 7) is 1.64. The van der Waals surface area contributed by atoms with E-state index in [0.29, 0.717) is 29.5 Å². The molecule has 0 amide bonds. The topological polar surface area (TPSA) is 82.9 Å². The molecular formula is C21H27FN2O4. The van der Waals surface area contributed by atoms with E-state index in [9.17, 15) is 19.4 Å². The van der Waals surface area contributed by atoms with Crippen molar-refractivity contribution in [2.45, 2.75) is 31.8 Å². The van der Waals surface area contributed by atoms with Gasteiger partial charge in [-0.25, -0.2) is 4.39 Å². The van der Waals surface area contributed by atoms with Gasteiger partial charge in [0.15, 0.2) is 0 Å². The van der Waals surface area contributed by atoms with Crippen LogP contribution in [0.2, 0.25) is 0 Å². The largest absolute Gasteiger partial charge is 0.497 e. The Morgan fingerprint density at radius 1 is 1.43 bits per heavy atom. The lowest BCUT2D eigenvalue weighted by Crippen LogP contribution is -2.39. The maximum Gasteiger partial charge on any atom is 0.303 e. The Kier molecular flexibility index (Phi) is 6.46. The molecule has 1 saturated heterocycles. The third-order valence-electron chi connectivity index (χ3n) is 5.74. The van der Waals surface area contributed by atoms with Crippen molar-refractivity contribution in [1.29, 1.82) is 0 Å². The number of benzene rings is 1. The van der Waals surface area contributed by atoms with Crippen LogP contribution in [0.1, 0.15) is 37.4 Å². The number of aromatic nitrogens is 1. The number of hydrogen-bond acceptors (Lipinski definition) is 5. The molecule has 1 aromatic heterocycles. The quantitative estimate of drug-likeness (QED) is 0.755. The summed E-state index contributed by atoms with van der Waals surface area (Å²) in [5.41, 5.74) is 0.825. The Bertz CT molecular complexity index is 845. The number of halogens is 1. The molecule has 3 atom stereocenters. The van der Waals surface area contributed by atoms with Gasteiger partial charge < -0.3 is 19.8 Å². The molecule has 1 aromatic carbocycles. The van der Waals surface area contributed by atoms with Crippen LogP contribution in [0, 0.1) is 17.7 Å². The molecule has 6 nitrogen and oxygen atoms in total. The van der Waals surface area contributed by atoms with E-state index in [0.717, 1.165) is 25.7 Å². The number of hydrogen-bond donors (Lipinski definition) is 2. The van der Waals surface area contributed by atoms with E-state index in [1.54, 1.807) is 18.2 Å². The Morgan fingerprint density at radius 2 is 2.21 bits per heavy atom. The second-order valence-corrected chi connectivity index (χ2v) is 7.66. The highest BCUT2D eigenvalue weighted by molar-refractivity contribution is 5.84. The summed E-state index contributed by atoms with van der Waals surface area (Å²) in [5.74, 6) is -0.525. The van der Waals surface area contributed by atoms with E-state index in [1.165, 1.54) is 7.11 Å². The summed E-state index contributed by atoms with van der Waals surface area (Å²) in [5, 5.41) is 20.5. The molecule has 2 heterocycles. The number of nitrogens with zero attached hydrogens (tertiary/aromatic N) is 2. The Balaban J connectivity index is 1.78. The van der Waals surface area contributed by atoms with Crippen LogP contribution in [-0.2, 0) is 4.79 Å². The van der Waals surface area contributed by atoms with E-state index in [4.69, 9.17) is 4.74 Å². The zero-order valence-corrected chi connectivity index (χ0v) is 16.3. The lowest BCUT2D eigenvalue weighted by molar-refractivity contribution is -0.139. The van der Waals surface area contributed by atoms with Crippen molar-refractivity contribution in [1.82, 2.24) is 9.88 Å². The molecule has 1 aliphatic heterocycles. The number of carboxylic acid groups (broad SMARTS) is 1. The predicted molar refractivity (Wildman–Crippen MR) is 104 cm³/mol. The number of methoxy groups -OCH3 is 1. The van der Waals surface area contributed by atoms with E-state index in [2.05, 4.69) is 9.88 Å². The van der Waals surface area contributed by atoms with Gasteiger partial charge in [0.2, 0.25) is 0 Å². The summed E-state index contributed by atoms with van der Waals surface area (Å²) < 4.78 is 19.7. The molecular weight excluding hydrogens is 363 g/mol. The number of ether oxygens (including phenoxy) is 1. The summed E-state index contributed by atoms with van der Waals surface area (Å²) in [6.07, 6.45) is 2.18. The van der Waals surface area contributed by atoms with Crippen molar-refractivity contribution >= 4 is 16.9 Å². The molecule has 0 saturated carbocycles. The first-order valence-electron chi connectivity index (χ1n) is 9.59. The van der Waals surface area contributed by atoms with Gasteiger partial charge in [0.25, 0.3) is 0 Å². The molecule has 0 bridgehead atoms. The minimum Gasteiger partial charge on any atom is -0.497 e. The maximum atomic E-state index is 14.5. The van der Waals surface area contributed by atoms with Gasteiger partial charge in [-0.3, -0.25) is 9.78 Å². The molecule has 0 radical (unpaired) electrons. The first kappa shape index (κ1) is 20.5. The molecule has 28 heavy (non-hydrogen) atoms. The molecule has 2 aromatic rings. The standard InChI is InChI=1S/C21H27FN2O4/c1-24-8-7-13(14(12-24)9-20(26)27)3-6-19(25)21-16-10-15(28-2)4-5-18(16)23-11-17(21)22/h4-5,10-11,13-14,19,25H,3,6-9,12H2,1-2H3,(H,26,27). The van der Waals surface area contributed by atoms with Crippen molar-refractivity contribution in [3.05, 3.63) is 35.8 Å². The van der Waals surface area contributed by atoms with E-state index < -0.39 is 17.9 Å². The Morgan fingerprint density at radius 3 is 2.93 bits per heavy atom. The smallest absolute Gasteiger partial charge is 0.303 e. The third kappa shape index (κ3) is 4.59. The van der Waals surface area contributed by atoms with Gasteiger partial charge in [-0.15, -0.1) is 0 Å². The average Bonchev–Trinajstić information content (AvgIpc) is 2.66. The van der Waals surface area contributed by atoms with E-state index in [-0.39, 0.29) is 23.8 Å². The van der Waals surface area contributed by atoms with Gasteiger partial charge in [0, 0.05) is 23.9 Å². The molecule has 1 fully saturated rings. The van der Waals surface area contributed by atoms with Crippen LogP contribution in [-0.4, -0.2) is 53.3 Å². The lowest BCUT2D eigenvalue weighted by atomic mass is 9.79. The molecule has 152 valence electrons. The molecule has 1 aliphatic rings. The van der Waals surface area contributed by atoms with Crippen LogP contribution in [0.3, 0.4) is 0 Å². The maximum absolute atomic E-state index is 14.5. The van der Waals surface area contributed by atoms with Crippen LogP contribution >= 0.6 is 0 Å². The SMILES string of the molecule is COc1ccc2ncc(F)c(C(O)CCC3CCN(C)CC3CC(=O)O)c2c1. The Hall–Kier alpha value is -2.25. The predicted octanol–water partition coefficient (Wildman–Crippen LogP) is 3.24. The number of aliphatic carboxylic acids is 1. The molecule has 7 heteroatoms. The number of likely N-dealkylation sites (tertiary alicyclic amines) is 1. The van der Waals surface area contributed by atoms with Gasteiger partial charge in [0.1, 0.15) is 11.6 Å². The van der Waals surface area contributed by atoms with Crippen molar-refractivity contribution in [3.63, 3.8) is 0 Å². The fourth-order valence-electron chi connectivity index (χ4n) is 4.25. The lowest BCUT2D eigenvalue weighted by Gasteiger charge is -2.36. The van der Waals surface area contributed by atoms with Crippen molar-refractivity contribution in [2.75, 3.05) is 27.2 Å². The van der Waals surface area contributed by atoms with Gasteiger partial charge in [-0.1, -0.05) is 0 Å². The number of fused-ring (bicyclic) bond motifs is 1. The normalized spacial score (nSPS) is 21.6. The summed E-state index contributed by atoms with van der Waals surface area (Å²) in [7, 11) is 3.53. The van der Waals surface area contributed by atoms with Gasteiger partial charge in [0.05, 0.1) is 24.9 Å². The zero-order valence-electron chi connectivity index (χ0n) is 16.3. The molecule has 2 N–H and O–H groups in total. The highest BCUT2D eigenvalue weighted by Crippen LogP contribution is 2.35. The van der Waals surface area contributed by atoms with Gasteiger partial charge >= 0.3 is 5.97 Å². The second kappa shape index (κ2) is 8.84. The molecule has 3 rings (SSSR count). The van der Waals surface area contributed by atoms with Crippen molar-refractivity contribution < 1.29 is 24.1 Å². The third-order valence-corrected chi connectivity index (χ3v) is 5.74. The molecule has 0 aliphatic carbocycles. The number of pyridine rings is 1. The highest BCUT2D eigenvalue weighted by atomic mass is 19.1. The minimum absolute atomic E-state index is 0.0441. The van der Waals surface area contributed by atoms with E-state index >= 15 is 0 Å². The fourth-order valence-corrected chi connectivity index (χ4v) is 4.25. The summed E-state index contributed by atoms with van der Waals surface area (Å²) >= 11 is 0. The fraction of sp³-hybridized carbons (Fsp3) is 0.524. The number of aliphatic hydroxyl groups is 1. The van der Waals surface area contributed by atoms with Gasteiger partial charge in [-0.05, 0) is 62.9 Å². The zero-order chi connectivity index (χ0) is 20.3. The Labute approximate surface area is 163 Å². The average molecular weight is 390 g/mol. The number of carboxylic acids is 1. The first-order valence-corrected chi connectivity index (χ1v) is 9.59. The van der Waals surface area contributed by atoms with E-state index in [1.807, 2.05) is 7.05 Å². The number of piperidine rings is 1. The molecule has 3 unspecified atom stereocenters. The summed E-state index contributed by atoms with van der Waals surface area (Å²) in [4.78, 5) is 17.4. The monoisotopic (exact) mass is 390 g/mol.